The molecule has 3 nitrogen and oxygen atoms in total. The van der Waals surface area contributed by atoms with Gasteiger partial charge < -0.3 is 5.32 Å². The van der Waals surface area contributed by atoms with Crippen molar-refractivity contribution in [2.45, 2.75) is 0 Å². The van der Waals surface area contributed by atoms with E-state index in [1.54, 1.807) is 29.8 Å². The number of anilines is 1. The van der Waals surface area contributed by atoms with Gasteiger partial charge in [-0.1, -0.05) is 30.0 Å². The highest BCUT2D eigenvalue weighted by atomic mass is 32.1. The molecule has 0 unspecified atom stereocenters. The van der Waals surface area contributed by atoms with Gasteiger partial charge in [0.1, 0.15) is 0 Å². The van der Waals surface area contributed by atoms with E-state index in [0.29, 0.717) is 5.69 Å². The molecule has 0 bridgehead atoms. The molecule has 0 saturated heterocycles. The van der Waals surface area contributed by atoms with Crippen molar-refractivity contribution < 1.29 is 4.79 Å². The van der Waals surface area contributed by atoms with Crippen molar-refractivity contribution in [3.63, 3.8) is 0 Å². The first kappa shape index (κ1) is 15.7. The quantitative estimate of drug-likeness (QED) is 0.578. The molecule has 116 valence electrons. The minimum atomic E-state index is -0.192. The lowest BCUT2D eigenvalue weighted by molar-refractivity contribution is -0.111. The first-order chi connectivity index (χ1) is 11.8. The van der Waals surface area contributed by atoms with Crippen molar-refractivity contribution >= 4 is 29.0 Å². The van der Waals surface area contributed by atoms with Gasteiger partial charge in [-0.2, -0.15) is 0 Å². The zero-order chi connectivity index (χ0) is 16.6. The van der Waals surface area contributed by atoms with Crippen molar-refractivity contribution in [3.8, 4) is 11.8 Å². The predicted octanol–water partition coefficient (Wildman–Crippen LogP) is 4.19. The van der Waals surface area contributed by atoms with Crippen LogP contribution in [0.1, 0.15) is 16.0 Å². The molecule has 0 radical (unpaired) electrons. The Morgan fingerprint density at radius 1 is 1.12 bits per heavy atom. The van der Waals surface area contributed by atoms with Crippen LogP contribution < -0.4 is 5.32 Å². The minimum Gasteiger partial charge on any atom is -0.322 e. The number of nitrogens with zero attached hydrogens (tertiary/aromatic N) is 1. The number of rotatable bonds is 3. The van der Waals surface area contributed by atoms with E-state index in [1.165, 1.54) is 6.08 Å². The van der Waals surface area contributed by atoms with Gasteiger partial charge in [-0.3, -0.25) is 9.78 Å². The summed E-state index contributed by atoms with van der Waals surface area (Å²) in [4.78, 5) is 17.0. The molecular formula is C20H14N2OS. The van der Waals surface area contributed by atoms with Crippen LogP contribution in [0.25, 0.3) is 6.08 Å². The molecule has 1 N–H and O–H groups in total. The topological polar surface area (TPSA) is 42.0 Å². The van der Waals surface area contributed by atoms with Crippen LogP contribution in [0.2, 0.25) is 0 Å². The van der Waals surface area contributed by atoms with E-state index < -0.39 is 0 Å². The summed E-state index contributed by atoms with van der Waals surface area (Å²) in [6, 6.07) is 15.2. The van der Waals surface area contributed by atoms with Crippen LogP contribution in [-0.4, -0.2) is 10.9 Å². The summed E-state index contributed by atoms with van der Waals surface area (Å²) < 4.78 is 0. The van der Waals surface area contributed by atoms with Gasteiger partial charge in [-0.25, -0.2) is 0 Å². The smallest absolute Gasteiger partial charge is 0.248 e. The maximum Gasteiger partial charge on any atom is 0.248 e. The summed E-state index contributed by atoms with van der Waals surface area (Å²) in [6.45, 7) is 0. The first-order valence-corrected chi connectivity index (χ1v) is 8.22. The van der Waals surface area contributed by atoms with Gasteiger partial charge in [-0.15, -0.1) is 11.3 Å². The third kappa shape index (κ3) is 4.67. The maximum absolute atomic E-state index is 12.0. The molecule has 24 heavy (non-hydrogen) atoms. The van der Waals surface area contributed by atoms with E-state index >= 15 is 0 Å². The van der Waals surface area contributed by atoms with Gasteiger partial charge in [0.25, 0.3) is 0 Å². The normalized spacial score (nSPS) is 10.2. The number of benzene rings is 1. The molecule has 0 saturated carbocycles. The fraction of sp³-hybridized carbons (Fsp3) is 0. The molecule has 2 aromatic heterocycles. The van der Waals surface area contributed by atoms with Crippen LogP contribution in [0.3, 0.4) is 0 Å². The lowest BCUT2D eigenvalue weighted by atomic mass is 10.2. The van der Waals surface area contributed by atoms with Crippen molar-refractivity contribution in [1.29, 1.82) is 0 Å². The van der Waals surface area contributed by atoms with Crippen LogP contribution in [0.4, 0.5) is 5.69 Å². The Bertz CT molecular complexity index is 904. The van der Waals surface area contributed by atoms with Gasteiger partial charge in [0, 0.05) is 29.7 Å². The second-order valence-electron chi connectivity index (χ2n) is 4.92. The molecule has 3 aromatic rings. The van der Waals surface area contributed by atoms with Gasteiger partial charge in [0.2, 0.25) is 5.91 Å². The van der Waals surface area contributed by atoms with E-state index in [-0.39, 0.29) is 5.91 Å². The maximum atomic E-state index is 12.0. The fourth-order valence-electron chi connectivity index (χ4n) is 1.99. The second-order valence-corrected chi connectivity index (χ2v) is 5.86. The average Bonchev–Trinajstić information content (AvgIpc) is 3.13. The SMILES string of the molecule is O=C(/C=C/c1cccnc1)Nc1cccc(C#Cc2cccs2)c1. The summed E-state index contributed by atoms with van der Waals surface area (Å²) >= 11 is 1.60. The van der Waals surface area contributed by atoms with Gasteiger partial charge >= 0.3 is 0 Å². The summed E-state index contributed by atoms with van der Waals surface area (Å²) in [5, 5.41) is 4.83. The minimum absolute atomic E-state index is 0.192. The summed E-state index contributed by atoms with van der Waals surface area (Å²) in [5.41, 5.74) is 2.45. The number of carbonyl (C=O) groups is 1. The van der Waals surface area contributed by atoms with Gasteiger partial charge in [-0.05, 0) is 47.4 Å². The summed E-state index contributed by atoms with van der Waals surface area (Å²) in [5.74, 6) is 6.01. The standard InChI is InChI=1S/C20H14N2OS/c23-20(11-9-17-5-2-12-21-15-17)22-18-6-1-4-16(14-18)8-10-19-7-3-13-24-19/h1-7,9,11-15H,(H,22,23)/b11-9+. The predicted molar refractivity (Wildman–Crippen MR) is 98.6 cm³/mol. The zero-order valence-electron chi connectivity index (χ0n) is 12.8. The van der Waals surface area contributed by atoms with E-state index in [1.807, 2.05) is 53.9 Å². The Balaban J connectivity index is 1.66. The number of hydrogen-bond acceptors (Lipinski definition) is 3. The van der Waals surface area contributed by atoms with Gasteiger partial charge in [0.15, 0.2) is 0 Å². The molecule has 1 amide bonds. The van der Waals surface area contributed by atoms with Crippen LogP contribution >= 0.6 is 11.3 Å². The second kappa shape index (κ2) is 7.91. The van der Waals surface area contributed by atoms with E-state index in [0.717, 1.165) is 16.0 Å². The van der Waals surface area contributed by atoms with E-state index in [4.69, 9.17) is 0 Å². The molecule has 3 rings (SSSR count). The Kier molecular flexibility index (Phi) is 5.18. The molecule has 0 aliphatic carbocycles. The molecule has 0 spiro atoms. The molecule has 2 heterocycles. The number of thiophene rings is 1. The van der Waals surface area contributed by atoms with Crippen molar-refractivity contribution in [1.82, 2.24) is 4.98 Å². The van der Waals surface area contributed by atoms with Crippen LogP contribution in [0.15, 0.2) is 72.4 Å². The average molecular weight is 330 g/mol. The van der Waals surface area contributed by atoms with Crippen LogP contribution in [0.5, 0.6) is 0 Å². The van der Waals surface area contributed by atoms with Gasteiger partial charge in [0.05, 0.1) is 4.88 Å². The highest BCUT2D eigenvalue weighted by molar-refractivity contribution is 7.10. The molecule has 1 aromatic carbocycles. The third-order valence-electron chi connectivity index (χ3n) is 3.09. The molecular weight excluding hydrogens is 316 g/mol. The zero-order valence-corrected chi connectivity index (χ0v) is 13.6. The Morgan fingerprint density at radius 3 is 2.88 bits per heavy atom. The Hall–Kier alpha value is -3.16. The molecule has 4 heteroatoms. The van der Waals surface area contributed by atoms with Crippen molar-refractivity contribution in [2.75, 3.05) is 5.32 Å². The number of nitrogens with one attached hydrogen (secondary N) is 1. The highest BCUT2D eigenvalue weighted by Crippen LogP contribution is 2.11. The lowest BCUT2D eigenvalue weighted by Crippen LogP contribution is -2.07. The number of amides is 1. The number of hydrogen-bond donors (Lipinski definition) is 1. The number of pyridine rings is 1. The Labute approximate surface area is 144 Å². The van der Waals surface area contributed by atoms with Crippen LogP contribution in [0, 0.1) is 11.8 Å². The largest absolute Gasteiger partial charge is 0.322 e. The molecule has 0 aliphatic heterocycles. The summed E-state index contributed by atoms with van der Waals surface area (Å²) in [7, 11) is 0. The molecule has 0 fully saturated rings. The number of carbonyl (C=O) groups excluding carboxylic acids is 1. The Morgan fingerprint density at radius 2 is 2.08 bits per heavy atom. The van der Waals surface area contributed by atoms with E-state index in [9.17, 15) is 4.79 Å². The van der Waals surface area contributed by atoms with Crippen molar-refractivity contribution in [3.05, 3.63) is 88.4 Å². The van der Waals surface area contributed by atoms with Crippen LogP contribution in [-0.2, 0) is 4.79 Å². The van der Waals surface area contributed by atoms with E-state index in [2.05, 4.69) is 22.1 Å². The monoisotopic (exact) mass is 330 g/mol. The highest BCUT2D eigenvalue weighted by Gasteiger charge is 1.98. The number of aromatic nitrogens is 1. The lowest BCUT2D eigenvalue weighted by Gasteiger charge is -2.02. The third-order valence-corrected chi connectivity index (χ3v) is 3.88. The van der Waals surface area contributed by atoms with Crippen molar-refractivity contribution in [2.24, 2.45) is 0 Å². The molecule has 0 atom stereocenters. The fourth-order valence-corrected chi connectivity index (χ4v) is 2.56. The summed E-state index contributed by atoms with van der Waals surface area (Å²) in [6.07, 6.45) is 6.61. The first-order valence-electron chi connectivity index (χ1n) is 7.34. The molecule has 0 aliphatic rings.